The Kier molecular flexibility index (Phi) is 6.78. The predicted molar refractivity (Wildman–Crippen MR) is 126 cm³/mol. The lowest BCUT2D eigenvalue weighted by atomic mass is 10.0. The van der Waals surface area contributed by atoms with E-state index in [1.165, 1.54) is 40.1 Å². The van der Waals surface area contributed by atoms with E-state index in [2.05, 4.69) is 9.72 Å². The van der Waals surface area contributed by atoms with Crippen LogP contribution in [0.15, 0.2) is 42.6 Å². The summed E-state index contributed by atoms with van der Waals surface area (Å²) in [5.74, 6) is -0.980. The summed E-state index contributed by atoms with van der Waals surface area (Å²) < 4.78 is 47.2. The molecule has 1 unspecified atom stereocenters. The molecule has 0 N–H and O–H groups in total. The Labute approximate surface area is 211 Å². The molecule has 198 valence electrons. The number of amides is 3. The SMILES string of the molecule is CN(C(=O)C1c2ccccc2C(=O)N1C1CN(C(=O)OC(C)(C)C)C1)c1ccc(OCC(F)(F)F)nc1. The van der Waals surface area contributed by atoms with E-state index in [1.54, 1.807) is 45.0 Å². The molecule has 0 aliphatic carbocycles. The van der Waals surface area contributed by atoms with Crippen molar-refractivity contribution in [2.75, 3.05) is 31.6 Å². The summed E-state index contributed by atoms with van der Waals surface area (Å²) in [6.07, 6.45) is -3.77. The van der Waals surface area contributed by atoms with Gasteiger partial charge in [0, 0.05) is 31.8 Å². The Morgan fingerprint density at radius 2 is 1.78 bits per heavy atom. The number of carbonyl (C=O) groups is 3. The van der Waals surface area contributed by atoms with Gasteiger partial charge in [0.25, 0.3) is 11.8 Å². The maximum atomic E-state index is 13.7. The standard InChI is InChI=1S/C25H27F3N4O5/c1-24(2,3)37-23(35)31-12-16(13-31)32-20(17-7-5-6-8-18(17)21(32)33)22(34)30(4)15-9-10-19(29-11-15)36-14-25(26,27)28/h5-11,16,20H,12-14H2,1-4H3. The van der Waals surface area contributed by atoms with Crippen molar-refractivity contribution in [2.45, 2.75) is 44.6 Å². The largest absolute Gasteiger partial charge is 0.468 e. The molecule has 0 saturated carbocycles. The first-order valence-corrected chi connectivity index (χ1v) is 11.6. The summed E-state index contributed by atoms with van der Waals surface area (Å²) in [6, 6.07) is 8.11. The van der Waals surface area contributed by atoms with E-state index in [4.69, 9.17) is 4.74 Å². The molecule has 0 radical (unpaired) electrons. The van der Waals surface area contributed by atoms with Crippen molar-refractivity contribution >= 4 is 23.6 Å². The van der Waals surface area contributed by atoms with Crippen LogP contribution in [0.25, 0.3) is 0 Å². The van der Waals surface area contributed by atoms with Crippen molar-refractivity contribution in [1.82, 2.24) is 14.8 Å². The van der Waals surface area contributed by atoms with E-state index in [0.717, 1.165) is 0 Å². The van der Waals surface area contributed by atoms with Gasteiger partial charge >= 0.3 is 12.3 Å². The summed E-state index contributed by atoms with van der Waals surface area (Å²) in [4.78, 5) is 47.5. The van der Waals surface area contributed by atoms with Gasteiger partial charge in [0.15, 0.2) is 6.61 Å². The lowest BCUT2D eigenvalue weighted by Crippen LogP contribution is -2.63. The van der Waals surface area contributed by atoms with Gasteiger partial charge in [0.05, 0.1) is 17.9 Å². The van der Waals surface area contributed by atoms with Gasteiger partial charge in [-0.05, 0) is 38.5 Å². The van der Waals surface area contributed by atoms with Crippen molar-refractivity contribution < 1.29 is 37.0 Å². The van der Waals surface area contributed by atoms with Crippen LogP contribution in [0.1, 0.15) is 42.7 Å². The number of pyridine rings is 1. The maximum Gasteiger partial charge on any atom is 0.422 e. The highest BCUT2D eigenvalue weighted by Gasteiger charge is 2.49. The first-order valence-electron chi connectivity index (χ1n) is 11.6. The molecule has 1 atom stereocenters. The zero-order chi connectivity index (χ0) is 27.1. The minimum atomic E-state index is -4.50. The van der Waals surface area contributed by atoms with Crippen LogP contribution in [0.3, 0.4) is 0 Å². The minimum absolute atomic E-state index is 0.217. The van der Waals surface area contributed by atoms with Crippen LogP contribution >= 0.6 is 0 Å². The Balaban J connectivity index is 1.52. The molecule has 12 heteroatoms. The monoisotopic (exact) mass is 520 g/mol. The van der Waals surface area contributed by atoms with E-state index in [1.807, 2.05) is 0 Å². The van der Waals surface area contributed by atoms with Crippen LogP contribution < -0.4 is 9.64 Å². The van der Waals surface area contributed by atoms with Crippen LogP contribution in [0.5, 0.6) is 5.88 Å². The molecule has 1 aromatic heterocycles. The molecule has 2 aromatic rings. The molecule has 0 spiro atoms. The van der Waals surface area contributed by atoms with Crippen LogP contribution in [0.4, 0.5) is 23.7 Å². The molecular weight excluding hydrogens is 493 g/mol. The van der Waals surface area contributed by atoms with Crippen LogP contribution in [-0.4, -0.2) is 77.3 Å². The number of aromatic nitrogens is 1. The fourth-order valence-electron chi connectivity index (χ4n) is 4.19. The summed E-state index contributed by atoms with van der Waals surface area (Å²) >= 11 is 0. The zero-order valence-corrected chi connectivity index (χ0v) is 20.8. The number of rotatable bonds is 5. The van der Waals surface area contributed by atoms with Crippen molar-refractivity contribution in [3.63, 3.8) is 0 Å². The van der Waals surface area contributed by atoms with Gasteiger partial charge < -0.3 is 24.2 Å². The number of carbonyl (C=O) groups excluding carboxylic acids is 3. The van der Waals surface area contributed by atoms with Crippen molar-refractivity contribution in [1.29, 1.82) is 0 Å². The Hall–Kier alpha value is -3.83. The quantitative estimate of drug-likeness (QED) is 0.596. The number of hydrogen-bond acceptors (Lipinski definition) is 6. The van der Waals surface area contributed by atoms with Gasteiger partial charge in [0.1, 0.15) is 11.6 Å². The molecule has 3 amide bonds. The van der Waals surface area contributed by atoms with Crippen LogP contribution in [-0.2, 0) is 9.53 Å². The smallest absolute Gasteiger partial charge is 0.422 e. The van der Waals surface area contributed by atoms with Gasteiger partial charge in [-0.1, -0.05) is 18.2 Å². The minimum Gasteiger partial charge on any atom is -0.468 e. The molecule has 2 aliphatic rings. The maximum absolute atomic E-state index is 13.7. The number of fused-ring (bicyclic) bond motifs is 1. The third kappa shape index (κ3) is 5.62. The number of benzene rings is 1. The summed E-state index contributed by atoms with van der Waals surface area (Å²) in [5, 5.41) is 0. The first-order chi connectivity index (χ1) is 17.2. The molecular formula is C25H27F3N4O5. The van der Waals surface area contributed by atoms with Crippen LogP contribution in [0, 0.1) is 0 Å². The van der Waals surface area contributed by atoms with Crippen LogP contribution in [0.2, 0.25) is 0 Å². The number of ether oxygens (including phenoxy) is 2. The molecule has 9 nitrogen and oxygen atoms in total. The van der Waals surface area contributed by atoms with E-state index in [9.17, 15) is 27.6 Å². The third-order valence-corrected chi connectivity index (χ3v) is 5.96. The second-order valence-corrected chi connectivity index (χ2v) is 9.90. The van der Waals surface area contributed by atoms with E-state index in [0.29, 0.717) is 16.8 Å². The molecule has 3 heterocycles. The van der Waals surface area contributed by atoms with Gasteiger partial charge in [0.2, 0.25) is 5.88 Å². The average molecular weight is 521 g/mol. The fourth-order valence-corrected chi connectivity index (χ4v) is 4.19. The highest BCUT2D eigenvalue weighted by Crippen LogP contribution is 2.39. The molecule has 1 fully saturated rings. The van der Waals surface area contributed by atoms with E-state index >= 15 is 0 Å². The molecule has 1 saturated heterocycles. The number of anilines is 1. The molecule has 4 rings (SSSR count). The zero-order valence-electron chi connectivity index (χ0n) is 20.8. The van der Waals surface area contributed by atoms with Gasteiger partial charge in [-0.25, -0.2) is 9.78 Å². The van der Waals surface area contributed by atoms with Gasteiger partial charge in [-0.2, -0.15) is 13.2 Å². The normalized spacial score (nSPS) is 17.8. The molecule has 1 aromatic carbocycles. The first kappa shape index (κ1) is 26.2. The second kappa shape index (κ2) is 9.56. The predicted octanol–water partition coefficient (Wildman–Crippen LogP) is 3.80. The number of halogens is 3. The Bertz CT molecular complexity index is 1190. The highest BCUT2D eigenvalue weighted by atomic mass is 19.4. The summed E-state index contributed by atoms with van der Waals surface area (Å²) in [7, 11) is 1.49. The molecule has 0 bridgehead atoms. The van der Waals surface area contributed by atoms with E-state index < -0.39 is 42.5 Å². The lowest BCUT2D eigenvalue weighted by Gasteiger charge is -2.45. The number of likely N-dealkylation sites (N-methyl/N-ethyl adjacent to an activating group) is 1. The fraction of sp³-hybridized carbons (Fsp3) is 0.440. The van der Waals surface area contributed by atoms with Crippen molar-refractivity contribution in [3.05, 3.63) is 53.7 Å². The third-order valence-electron chi connectivity index (χ3n) is 5.96. The van der Waals surface area contributed by atoms with E-state index in [-0.39, 0.29) is 24.9 Å². The number of hydrogen-bond donors (Lipinski definition) is 0. The second-order valence-electron chi connectivity index (χ2n) is 9.90. The lowest BCUT2D eigenvalue weighted by molar-refractivity contribution is -0.154. The molecule has 37 heavy (non-hydrogen) atoms. The number of nitrogens with zero attached hydrogens (tertiary/aromatic N) is 4. The highest BCUT2D eigenvalue weighted by molar-refractivity contribution is 6.08. The summed E-state index contributed by atoms with van der Waals surface area (Å²) in [6.45, 7) is 4.24. The van der Waals surface area contributed by atoms with Gasteiger partial charge in [-0.15, -0.1) is 0 Å². The Morgan fingerprint density at radius 1 is 1.11 bits per heavy atom. The topological polar surface area (TPSA) is 92.3 Å². The van der Waals surface area contributed by atoms with Crippen molar-refractivity contribution in [3.8, 4) is 5.88 Å². The Morgan fingerprint density at radius 3 is 2.38 bits per heavy atom. The van der Waals surface area contributed by atoms with Gasteiger partial charge in [-0.3, -0.25) is 9.59 Å². The molecule has 2 aliphatic heterocycles. The summed E-state index contributed by atoms with van der Waals surface area (Å²) in [5.41, 5.74) is 0.590. The van der Waals surface area contributed by atoms with Crippen molar-refractivity contribution in [2.24, 2.45) is 0 Å². The average Bonchev–Trinajstić information content (AvgIpc) is 3.07. The number of likely N-dealkylation sites (tertiary alicyclic amines) is 1. The number of alkyl halides is 3.